The number of amides is 1. The zero-order chi connectivity index (χ0) is 17.3. The van der Waals surface area contributed by atoms with Crippen LogP contribution in [0, 0.1) is 0 Å². The number of likely N-dealkylation sites (tertiary alicyclic amines) is 1. The fourth-order valence-electron chi connectivity index (χ4n) is 3.84. The molecule has 0 radical (unpaired) electrons. The number of carbonyl (C=O) groups excluding carboxylic acids is 1. The van der Waals surface area contributed by atoms with Crippen molar-refractivity contribution in [3.8, 4) is 11.5 Å². The quantitative estimate of drug-likeness (QED) is 0.863. The van der Waals surface area contributed by atoms with Crippen molar-refractivity contribution in [3.63, 3.8) is 0 Å². The van der Waals surface area contributed by atoms with Gasteiger partial charge in [-0.15, -0.1) is 0 Å². The van der Waals surface area contributed by atoms with E-state index in [1.54, 1.807) is 7.11 Å². The molecule has 0 saturated carbocycles. The number of benzene rings is 2. The average Bonchev–Trinajstić information content (AvgIpc) is 3.00. The first-order chi connectivity index (χ1) is 12.2. The van der Waals surface area contributed by atoms with Crippen LogP contribution in [0.1, 0.15) is 24.0 Å². The molecule has 0 atom stereocenters. The SMILES string of the molecule is COc1ccc(CC(=O)N2CCC3(CC2)Cc2ccccc2O3)cc1. The second kappa shape index (κ2) is 6.43. The molecule has 0 aromatic heterocycles. The number of hydrogen-bond acceptors (Lipinski definition) is 3. The van der Waals surface area contributed by atoms with Crippen molar-refractivity contribution in [2.75, 3.05) is 20.2 Å². The molecule has 2 aromatic carbocycles. The van der Waals surface area contributed by atoms with Gasteiger partial charge in [-0.05, 0) is 29.3 Å². The van der Waals surface area contributed by atoms with Crippen LogP contribution in [0.25, 0.3) is 0 Å². The topological polar surface area (TPSA) is 38.8 Å². The normalized spacial score (nSPS) is 17.9. The van der Waals surface area contributed by atoms with Gasteiger partial charge in [-0.3, -0.25) is 4.79 Å². The van der Waals surface area contributed by atoms with Gasteiger partial charge in [0.1, 0.15) is 17.1 Å². The number of carbonyl (C=O) groups is 1. The largest absolute Gasteiger partial charge is 0.497 e. The lowest BCUT2D eigenvalue weighted by Gasteiger charge is -2.38. The van der Waals surface area contributed by atoms with Gasteiger partial charge in [0, 0.05) is 32.4 Å². The third-order valence-corrected chi connectivity index (χ3v) is 5.35. The van der Waals surface area contributed by atoms with Crippen LogP contribution >= 0.6 is 0 Å². The molecule has 4 heteroatoms. The van der Waals surface area contributed by atoms with Gasteiger partial charge in [0.25, 0.3) is 0 Å². The predicted octanol–water partition coefficient (Wildman–Crippen LogP) is 3.23. The predicted molar refractivity (Wildman–Crippen MR) is 96.0 cm³/mol. The zero-order valence-electron chi connectivity index (χ0n) is 14.5. The highest BCUT2D eigenvalue weighted by Gasteiger charge is 2.42. The van der Waals surface area contributed by atoms with Crippen molar-refractivity contribution in [1.29, 1.82) is 0 Å². The fraction of sp³-hybridized carbons (Fsp3) is 0.381. The van der Waals surface area contributed by atoms with E-state index in [4.69, 9.17) is 9.47 Å². The standard InChI is InChI=1S/C21H23NO3/c1-24-18-8-6-16(7-9-18)14-20(23)22-12-10-21(11-13-22)15-17-4-2-3-5-19(17)25-21/h2-9H,10-15H2,1H3. The van der Waals surface area contributed by atoms with Crippen LogP contribution in [0.2, 0.25) is 0 Å². The molecule has 2 aliphatic heterocycles. The van der Waals surface area contributed by atoms with E-state index in [0.29, 0.717) is 6.42 Å². The van der Waals surface area contributed by atoms with Crippen molar-refractivity contribution in [3.05, 3.63) is 59.7 Å². The summed E-state index contributed by atoms with van der Waals surface area (Å²) in [5.41, 5.74) is 2.21. The van der Waals surface area contributed by atoms with Gasteiger partial charge in [-0.2, -0.15) is 0 Å². The van der Waals surface area contributed by atoms with Gasteiger partial charge in [0.2, 0.25) is 5.91 Å². The number of hydrogen-bond donors (Lipinski definition) is 0. The first kappa shape index (κ1) is 16.0. The third-order valence-electron chi connectivity index (χ3n) is 5.35. The Balaban J connectivity index is 1.35. The number of ether oxygens (including phenoxy) is 2. The molecule has 130 valence electrons. The number of para-hydroxylation sites is 1. The molecule has 2 aliphatic rings. The van der Waals surface area contributed by atoms with Crippen LogP contribution in [-0.2, 0) is 17.6 Å². The van der Waals surface area contributed by atoms with Gasteiger partial charge >= 0.3 is 0 Å². The summed E-state index contributed by atoms with van der Waals surface area (Å²) >= 11 is 0. The maximum Gasteiger partial charge on any atom is 0.226 e. The minimum absolute atomic E-state index is 0.111. The van der Waals surface area contributed by atoms with Gasteiger partial charge < -0.3 is 14.4 Å². The van der Waals surface area contributed by atoms with E-state index in [0.717, 1.165) is 49.4 Å². The van der Waals surface area contributed by atoms with Crippen LogP contribution in [0.5, 0.6) is 11.5 Å². The smallest absolute Gasteiger partial charge is 0.226 e. The Kier molecular flexibility index (Phi) is 4.12. The molecule has 0 bridgehead atoms. The highest BCUT2D eigenvalue weighted by atomic mass is 16.5. The molecule has 25 heavy (non-hydrogen) atoms. The van der Waals surface area contributed by atoms with Crippen molar-refractivity contribution in [1.82, 2.24) is 4.90 Å². The van der Waals surface area contributed by atoms with Gasteiger partial charge in [0.15, 0.2) is 0 Å². The van der Waals surface area contributed by atoms with Crippen molar-refractivity contribution in [2.24, 2.45) is 0 Å². The highest BCUT2D eigenvalue weighted by molar-refractivity contribution is 5.79. The van der Waals surface area contributed by atoms with Crippen molar-refractivity contribution < 1.29 is 14.3 Å². The van der Waals surface area contributed by atoms with E-state index in [1.807, 2.05) is 41.3 Å². The summed E-state index contributed by atoms with van der Waals surface area (Å²) in [6, 6.07) is 16.0. The Bertz CT molecular complexity index is 734. The van der Waals surface area contributed by atoms with E-state index in [-0.39, 0.29) is 11.5 Å². The average molecular weight is 337 g/mol. The second-order valence-corrected chi connectivity index (χ2v) is 6.98. The first-order valence-corrected chi connectivity index (χ1v) is 8.85. The minimum Gasteiger partial charge on any atom is -0.497 e. The van der Waals surface area contributed by atoms with Crippen LogP contribution < -0.4 is 9.47 Å². The lowest BCUT2D eigenvalue weighted by molar-refractivity contribution is -0.133. The summed E-state index contributed by atoms with van der Waals surface area (Å²) in [4.78, 5) is 14.6. The van der Waals surface area contributed by atoms with E-state index in [2.05, 4.69) is 12.1 Å². The highest BCUT2D eigenvalue weighted by Crippen LogP contribution is 2.40. The lowest BCUT2D eigenvalue weighted by Crippen LogP contribution is -2.49. The monoisotopic (exact) mass is 337 g/mol. The Labute approximate surface area is 148 Å². The number of piperidine rings is 1. The van der Waals surface area contributed by atoms with Gasteiger partial charge in [-0.25, -0.2) is 0 Å². The molecular formula is C21H23NO3. The fourth-order valence-corrected chi connectivity index (χ4v) is 3.84. The van der Waals surface area contributed by atoms with E-state index in [9.17, 15) is 4.79 Å². The first-order valence-electron chi connectivity index (χ1n) is 8.85. The van der Waals surface area contributed by atoms with Crippen LogP contribution in [0.15, 0.2) is 48.5 Å². The van der Waals surface area contributed by atoms with E-state index < -0.39 is 0 Å². The summed E-state index contributed by atoms with van der Waals surface area (Å²) in [7, 11) is 1.65. The van der Waals surface area contributed by atoms with Crippen molar-refractivity contribution in [2.45, 2.75) is 31.3 Å². The number of methoxy groups -OCH3 is 1. The lowest BCUT2D eigenvalue weighted by atomic mass is 9.87. The maximum absolute atomic E-state index is 12.6. The van der Waals surface area contributed by atoms with Gasteiger partial charge in [0.05, 0.1) is 13.5 Å². The van der Waals surface area contributed by atoms with Crippen LogP contribution in [0.4, 0.5) is 0 Å². The summed E-state index contributed by atoms with van der Waals surface area (Å²) in [6.45, 7) is 1.53. The van der Waals surface area contributed by atoms with Crippen LogP contribution in [-0.4, -0.2) is 36.6 Å². The molecule has 2 aromatic rings. The molecule has 1 fully saturated rings. The molecule has 1 spiro atoms. The minimum atomic E-state index is -0.111. The van der Waals surface area contributed by atoms with E-state index >= 15 is 0 Å². The molecule has 2 heterocycles. The third kappa shape index (κ3) is 3.21. The summed E-state index contributed by atoms with van der Waals surface area (Å²) in [6.07, 6.45) is 3.20. The zero-order valence-corrected chi connectivity index (χ0v) is 14.5. The Morgan fingerprint density at radius 2 is 1.84 bits per heavy atom. The Hall–Kier alpha value is -2.49. The second-order valence-electron chi connectivity index (χ2n) is 6.98. The molecule has 4 rings (SSSR count). The van der Waals surface area contributed by atoms with Gasteiger partial charge in [-0.1, -0.05) is 30.3 Å². The Morgan fingerprint density at radius 3 is 2.52 bits per heavy atom. The molecular weight excluding hydrogens is 314 g/mol. The number of nitrogens with zero attached hydrogens (tertiary/aromatic N) is 1. The van der Waals surface area contributed by atoms with Crippen LogP contribution in [0.3, 0.4) is 0 Å². The van der Waals surface area contributed by atoms with Crippen molar-refractivity contribution >= 4 is 5.91 Å². The summed E-state index contributed by atoms with van der Waals surface area (Å²) in [5, 5.41) is 0. The molecule has 1 saturated heterocycles. The molecule has 4 nitrogen and oxygen atoms in total. The molecule has 1 amide bonds. The molecule has 0 unspecified atom stereocenters. The maximum atomic E-state index is 12.6. The summed E-state index contributed by atoms with van der Waals surface area (Å²) < 4.78 is 11.4. The Morgan fingerprint density at radius 1 is 1.12 bits per heavy atom. The molecule has 0 aliphatic carbocycles. The number of rotatable bonds is 3. The van der Waals surface area contributed by atoms with E-state index in [1.165, 1.54) is 5.56 Å². The summed E-state index contributed by atoms with van der Waals surface area (Å²) in [5.74, 6) is 2.02. The molecule has 0 N–H and O–H groups in total. The number of fused-ring (bicyclic) bond motifs is 1.